The monoisotopic (exact) mass is 195 g/mol. The molecule has 0 rings (SSSR count). The molecule has 0 spiro atoms. The van der Waals surface area contributed by atoms with Crippen LogP contribution in [0, 0.1) is 0 Å². The summed E-state index contributed by atoms with van der Waals surface area (Å²) < 4.78 is 36.1. The average Bonchev–Trinajstić information content (AvgIpc) is 2.03. The van der Waals surface area contributed by atoms with Crippen LogP contribution in [0.4, 0.5) is 13.2 Å². The van der Waals surface area contributed by atoms with E-state index in [4.69, 9.17) is 5.73 Å². The van der Waals surface area contributed by atoms with Crippen molar-refractivity contribution in [3.8, 4) is 0 Å². The number of carbonyl (C=O) groups excluding carboxylic acids is 1. The smallest absolute Gasteiger partial charge is 0.394 e. The molecule has 2 N–H and O–H groups in total. The first-order valence-corrected chi connectivity index (χ1v) is 3.93. The van der Waals surface area contributed by atoms with Crippen molar-refractivity contribution in [2.75, 3.05) is 0 Å². The minimum Gasteiger partial charge on any atom is -0.394 e. The van der Waals surface area contributed by atoms with Crippen molar-refractivity contribution in [1.29, 1.82) is 0 Å². The summed E-state index contributed by atoms with van der Waals surface area (Å²) in [5.41, 5.74) is 3.23. The number of rotatable bonds is 3. The Bertz CT molecular complexity index is 230. The number of carbonyl (C=O) groups is 1. The van der Waals surface area contributed by atoms with Gasteiger partial charge in [0.2, 0.25) is 0 Å². The van der Waals surface area contributed by atoms with Crippen LogP contribution in [0.3, 0.4) is 0 Å². The van der Waals surface area contributed by atoms with Gasteiger partial charge in [-0.25, -0.2) is 0 Å². The number of alkyl halides is 3. The Hall–Kier alpha value is -1.00. The molecule has 5 heteroatoms. The fourth-order valence-corrected chi connectivity index (χ4v) is 0.922. The molecule has 0 heterocycles. The molecule has 0 aromatic rings. The Morgan fingerprint density at radius 3 is 1.92 bits per heavy atom. The fourth-order valence-electron chi connectivity index (χ4n) is 0.922. The second-order valence-corrected chi connectivity index (χ2v) is 2.52. The molecule has 0 bridgehead atoms. The highest BCUT2D eigenvalue weighted by molar-refractivity contribution is 5.95. The van der Waals surface area contributed by atoms with Gasteiger partial charge in [0.1, 0.15) is 5.70 Å². The van der Waals surface area contributed by atoms with E-state index in [1.807, 2.05) is 0 Å². The van der Waals surface area contributed by atoms with Crippen molar-refractivity contribution in [2.45, 2.75) is 32.9 Å². The van der Waals surface area contributed by atoms with Crippen molar-refractivity contribution < 1.29 is 18.0 Å². The summed E-state index contributed by atoms with van der Waals surface area (Å²) in [4.78, 5) is 11.0. The maximum atomic E-state index is 12.0. The van der Waals surface area contributed by atoms with Gasteiger partial charge < -0.3 is 5.73 Å². The third kappa shape index (κ3) is 3.08. The number of hydrogen-bond donors (Lipinski definition) is 1. The van der Waals surface area contributed by atoms with E-state index in [0.29, 0.717) is 0 Å². The maximum Gasteiger partial charge on any atom is 0.431 e. The van der Waals surface area contributed by atoms with Crippen LogP contribution >= 0.6 is 0 Å². The van der Waals surface area contributed by atoms with Gasteiger partial charge in [0, 0.05) is 12.0 Å². The van der Waals surface area contributed by atoms with Crippen molar-refractivity contribution in [3.05, 3.63) is 11.3 Å². The average molecular weight is 195 g/mol. The van der Waals surface area contributed by atoms with E-state index in [0.717, 1.165) is 0 Å². The van der Waals surface area contributed by atoms with Gasteiger partial charge in [0.15, 0.2) is 5.78 Å². The van der Waals surface area contributed by atoms with Crippen LogP contribution in [-0.4, -0.2) is 12.0 Å². The first kappa shape index (κ1) is 12.0. The normalized spacial score (nSPS) is 13.9. The van der Waals surface area contributed by atoms with Crippen LogP contribution in [-0.2, 0) is 4.79 Å². The Kier molecular flexibility index (Phi) is 3.97. The standard InChI is InChI=1S/C8H12F3NO/c1-3-5(6(13)4-2)7(12)8(9,10)11/h3-4,12H2,1-2H3/b7-5-. The predicted octanol–water partition coefficient (Wildman–Crippen LogP) is 2.15. The Balaban J connectivity index is 5.02. The highest BCUT2D eigenvalue weighted by Gasteiger charge is 2.34. The van der Waals surface area contributed by atoms with Gasteiger partial charge in [0.05, 0.1) is 0 Å². The van der Waals surface area contributed by atoms with Crippen molar-refractivity contribution in [1.82, 2.24) is 0 Å². The molecular weight excluding hydrogens is 183 g/mol. The quantitative estimate of drug-likeness (QED) is 0.701. The van der Waals surface area contributed by atoms with E-state index in [9.17, 15) is 18.0 Å². The van der Waals surface area contributed by atoms with Crippen LogP contribution in [0.25, 0.3) is 0 Å². The number of halogens is 3. The Labute approximate surface area is 74.6 Å². The molecular formula is C8H12F3NO. The fraction of sp³-hybridized carbons (Fsp3) is 0.625. The molecule has 13 heavy (non-hydrogen) atoms. The van der Waals surface area contributed by atoms with Gasteiger partial charge in [-0.2, -0.15) is 13.2 Å². The van der Waals surface area contributed by atoms with Gasteiger partial charge in [-0.3, -0.25) is 4.79 Å². The molecule has 0 saturated carbocycles. The van der Waals surface area contributed by atoms with E-state index in [1.54, 1.807) is 0 Å². The van der Waals surface area contributed by atoms with Crippen LogP contribution < -0.4 is 5.73 Å². The molecule has 0 unspecified atom stereocenters. The molecule has 0 aliphatic rings. The third-order valence-electron chi connectivity index (χ3n) is 1.64. The highest BCUT2D eigenvalue weighted by atomic mass is 19.4. The summed E-state index contributed by atoms with van der Waals surface area (Å²) in [5.74, 6) is -0.544. The molecule has 0 aliphatic carbocycles. The zero-order chi connectivity index (χ0) is 10.6. The van der Waals surface area contributed by atoms with Crippen molar-refractivity contribution in [3.63, 3.8) is 0 Å². The van der Waals surface area contributed by atoms with Crippen LogP contribution in [0.2, 0.25) is 0 Å². The van der Waals surface area contributed by atoms with E-state index in [1.165, 1.54) is 13.8 Å². The van der Waals surface area contributed by atoms with Gasteiger partial charge in [-0.05, 0) is 6.42 Å². The summed E-state index contributed by atoms with van der Waals surface area (Å²) in [6.07, 6.45) is -4.55. The molecule has 0 amide bonds. The lowest BCUT2D eigenvalue weighted by Crippen LogP contribution is -2.24. The van der Waals surface area contributed by atoms with E-state index >= 15 is 0 Å². The van der Waals surface area contributed by atoms with Gasteiger partial charge in [-0.15, -0.1) is 0 Å². The molecule has 0 atom stereocenters. The topological polar surface area (TPSA) is 43.1 Å². The van der Waals surface area contributed by atoms with Gasteiger partial charge in [0.25, 0.3) is 0 Å². The van der Waals surface area contributed by atoms with Crippen LogP contribution in [0.5, 0.6) is 0 Å². The molecule has 0 saturated heterocycles. The van der Waals surface area contributed by atoms with Crippen molar-refractivity contribution in [2.24, 2.45) is 5.73 Å². The molecule has 0 aliphatic heterocycles. The van der Waals surface area contributed by atoms with E-state index in [-0.39, 0.29) is 18.4 Å². The maximum absolute atomic E-state index is 12.0. The van der Waals surface area contributed by atoms with Gasteiger partial charge >= 0.3 is 6.18 Å². The number of nitrogens with two attached hydrogens (primary N) is 1. The Morgan fingerprint density at radius 2 is 1.69 bits per heavy atom. The molecule has 76 valence electrons. The first-order chi connectivity index (χ1) is 5.84. The lowest BCUT2D eigenvalue weighted by Gasteiger charge is -2.11. The number of hydrogen-bond acceptors (Lipinski definition) is 2. The summed E-state index contributed by atoms with van der Waals surface area (Å²) >= 11 is 0. The summed E-state index contributed by atoms with van der Waals surface area (Å²) in [6, 6.07) is 0. The lowest BCUT2D eigenvalue weighted by atomic mass is 10.0. The largest absolute Gasteiger partial charge is 0.431 e. The minimum absolute atomic E-state index is 0.0119. The number of Topliss-reactive ketones (excluding diaryl/α,β-unsaturated/α-hetero) is 1. The molecule has 2 nitrogen and oxygen atoms in total. The van der Waals surface area contributed by atoms with Crippen LogP contribution in [0.15, 0.2) is 11.3 Å². The molecule has 0 radical (unpaired) electrons. The number of allylic oxidation sites excluding steroid dienone is 2. The number of ketones is 1. The van der Waals surface area contributed by atoms with E-state index < -0.39 is 17.7 Å². The minimum atomic E-state index is -4.60. The lowest BCUT2D eigenvalue weighted by molar-refractivity contribution is -0.117. The predicted molar refractivity (Wildman–Crippen MR) is 42.9 cm³/mol. The highest BCUT2D eigenvalue weighted by Crippen LogP contribution is 2.26. The summed E-state index contributed by atoms with van der Waals surface area (Å²) in [5, 5.41) is 0. The molecule has 0 aromatic heterocycles. The molecule has 0 aromatic carbocycles. The second-order valence-electron chi connectivity index (χ2n) is 2.52. The SMILES string of the molecule is CCC(=O)/C(CC)=C(\N)C(F)(F)F. The van der Waals surface area contributed by atoms with Gasteiger partial charge in [-0.1, -0.05) is 13.8 Å². The zero-order valence-corrected chi connectivity index (χ0v) is 7.53. The third-order valence-corrected chi connectivity index (χ3v) is 1.64. The zero-order valence-electron chi connectivity index (χ0n) is 7.53. The second kappa shape index (κ2) is 4.30. The van der Waals surface area contributed by atoms with Crippen LogP contribution in [0.1, 0.15) is 26.7 Å². The summed E-state index contributed by atoms with van der Waals surface area (Å²) in [6.45, 7) is 2.98. The van der Waals surface area contributed by atoms with Crippen molar-refractivity contribution >= 4 is 5.78 Å². The van der Waals surface area contributed by atoms with E-state index in [2.05, 4.69) is 0 Å². The molecule has 0 fully saturated rings. The summed E-state index contributed by atoms with van der Waals surface area (Å²) in [7, 11) is 0. The first-order valence-electron chi connectivity index (χ1n) is 3.93. The Morgan fingerprint density at radius 1 is 1.23 bits per heavy atom.